The van der Waals surface area contributed by atoms with Gasteiger partial charge in [-0.2, -0.15) is 0 Å². The molecule has 0 fully saturated rings. The van der Waals surface area contributed by atoms with Crippen LogP contribution in [0, 0.1) is 0 Å². The van der Waals surface area contributed by atoms with E-state index in [2.05, 4.69) is 15.3 Å². The largest absolute Gasteiger partial charge is 0.370 e. The van der Waals surface area contributed by atoms with E-state index < -0.39 is 10.0 Å². The predicted molar refractivity (Wildman–Crippen MR) is 114 cm³/mol. The summed E-state index contributed by atoms with van der Waals surface area (Å²) >= 11 is 0. The minimum atomic E-state index is -3.41. The van der Waals surface area contributed by atoms with Gasteiger partial charge in [-0.3, -0.25) is 4.98 Å². The van der Waals surface area contributed by atoms with Crippen molar-refractivity contribution < 1.29 is 8.42 Å². The van der Waals surface area contributed by atoms with Crippen molar-refractivity contribution in [1.29, 1.82) is 0 Å². The summed E-state index contributed by atoms with van der Waals surface area (Å²) in [4.78, 5) is 8.75. The van der Waals surface area contributed by atoms with Crippen LogP contribution < -0.4 is 11.1 Å². The van der Waals surface area contributed by atoms with Crippen LogP contribution in [0.25, 0.3) is 0 Å². The molecule has 0 aliphatic carbocycles. The number of rotatable bonds is 7. The van der Waals surface area contributed by atoms with Crippen LogP contribution in [0.1, 0.15) is 11.3 Å². The summed E-state index contributed by atoms with van der Waals surface area (Å²) in [7, 11) is -0.399. The van der Waals surface area contributed by atoms with Crippen LogP contribution in [-0.4, -0.2) is 44.3 Å². The van der Waals surface area contributed by atoms with Crippen molar-refractivity contribution >= 4 is 40.0 Å². The fraction of sp³-hybridized carbons (Fsp3) is 0.294. The molecule has 1 aromatic heterocycles. The van der Waals surface area contributed by atoms with Gasteiger partial charge in [-0.1, -0.05) is 18.2 Å². The number of aromatic nitrogens is 1. The quantitative estimate of drug-likeness (QED) is 0.350. The van der Waals surface area contributed by atoms with Crippen LogP contribution in [0.15, 0.2) is 58.5 Å². The second-order valence-corrected chi connectivity index (χ2v) is 7.78. The number of nitrogens with two attached hydrogens (primary N) is 1. The zero-order valence-electron chi connectivity index (χ0n) is 14.8. The van der Waals surface area contributed by atoms with Crippen LogP contribution in [0.4, 0.5) is 0 Å². The van der Waals surface area contributed by atoms with Crippen molar-refractivity contribution in [1.82, 2.24) is 14.6 Å². The molecule has 0 atom stereocenters. The van der Waals surface area contributed by atoms with Crippen LogP contribution in [-0.2, 0) is 23.0 Å². The average Bonchev–Trinajstić information content (AvgIpc) is 2.61. The van der Waals surface area contributed by atoms with Crippen molar-refractivity contribution in [2.75, 3.05) is 20.6 Å². The number of sulfonamides is 1. The lowest BCUT2D eigenvalue weighted by Gasteiger charge is -2.11. The summed E-state index contributed by atoms with van der Waals surface area (Å²) in [5.74, 6) is 0.348. The highest BCUT2D eigenvalue weighted by Gasteiger charge is 2.16. The van der Waals surface area contributed by atoms with E-state index >= 15 is 0 Å². The van der Waals surface area contributed by atoms with Gasteiger partial charge in [0.2, 0.25) is 10.0 Å². The maximum atomic E-state index is 12.0. The molecule has 2 rings (SSSR count). The van der Waals surface area contributed by atoms with Crippen LogP contribution in [0.2, 0.25) is 0 Å². The first kappa shape index (κ1) is 22.3. The number of nitrogens with one attached hydrogen (secondary N) is 1. The Morgan fingerprint density at radius 1 is 1.19 bits per heavy atom. The van der Waals surface area contributed by atoms with Crippen LogP contribution in [0.5, 0.6) is 0 Å². The van der Waals surface area contributed by atoms with Crippen molar-refractivity contribution in [2.24, 2.45) is 10.7 Å². The third-order valence-corrected chi connectivity index (χ3v) is 5.38. The molecule has 0 radical (unpaired) electrons. The van der Waals surface area contributed by atoms with E-state index in [1.807, 2.05) is 18.2 Å². The molecule has 0 spiro atoms. The molecule has 26 heavy (non-hydrogen) atoms. The van der Waals surface area contributed by atoms with Gasteiger partial charge in [-0.25, -0.2) is 17.7 Å². The second kappa shape index (κ2) is 10.4. The fourth-order valence-corrected chi connectivity index (χ4v) is 2.98. The molecule has 0 saturated carbocycles. The van der Waals surface area contributed by atoms with Gasteiger partial charge in [0.25, 0.3) is 0 Å². The first-order chi connectivity index (χ1) is 11.9. The Morgan fingerprint density at radius 3 is 2.46 bits per heavy atom. The van der Waals surface area contributed by atoms with E-state index in [1.54, 1.807) is 30.5 Å². The molecule has 3 N–H and O–H groups in total. The molecule has 0 bridgehead atoms. The molecule has 2 aromatic rings. The topological polar surface area (TPSA) is 101 Å². The van der Waals surface area contributed by atoms with Gasteiger partial charge < -0.3 is 11.1 Å². The summed E-state index contributed by atoms with van der Waals surface area (Å²) in [6.07, 6.45) is 2.51. The molecule has 142 valence electrons. The average molecular weight is 489 g/mol. The summed E-state index contributed by atoms with van der Waals surface area (Å²) < 4.78 is 25.2. The smallest absolute Gasteiger partial charge is 0.242 e. The highest BCUT2D eigenvalue weighted by atomic mass is 127. The van der Waals surface area contributed by atoms with E-state index in [4.69, 9.17) is 5.73 Å². The minimum Gasteiger partial charge on any atom is -0.370 e. The van der Waals surface area contributed by atoms with Gasteiger partial charge >= 0.3 is 0 Å². The van der Waals surface area contributed by atoms with Gasteiger partial charge in [0.1, 0.15) is 0 Å². The lowest BCUT2D eigenvalue weighted by Crippen LogP contribution is -2.33. The fourth-order valence-electron chi connectivity index (χ4n) is 2.07. The van der Waals surface area contributed by atoms with Gasteiger partial charge in [0, 0.05) is 39.0 Å². The Bertz CT molecular complexity index is 809. The van der Waals surface area contributed by atoms with E-state index in [0.717, 1.165) is 17.7 Å². The maximum absolute atomic E-state index is 12.0. The number of aliphatic imine (C=N–C) groups is 1. The molecule has 0 saturated heterocycles. The standard InChI is InChI=1S/C17H23N5O2S.HI/c1-22(2)25(23,24)16-8-6-14(7-9-16)13-21-17(18)20-12-10-15-5-3-4-11-19-15;/h3-9,11H,10,12-13H2,1-2H3,(H3,18,20,21);1H. The van der Waals surface area contributed by atoms with Gasteiger partial charge in [0.15, 0.2) is 5.96 Å². The van der Waals surface area contributed by atoms with Crippen molar-refractivity contribution in [3.8, 4) is 0 Å². The first-order valence-electron chi connectivity index (χ1n) is 7.85. The van der Waals surface area contributed by atoms with Gasteiger partial charge in [-0.05, 0) is 29.8 Å². The summed E-state index contributed by atoms with van der Waals surface area (Å²) in [5.41, 5.74) is 7.71. The van der Waals surface area contributed by atoms with E-state index in [-0.39, 0.29) is 28.9 Å². The van der Waals surface area contributed by atoms with Crippen LogP contribution in [0.3, 0.4) is 0 Å². The lowest BCUT2D eigenvalue weighted by molar-refractivity contribution is 0.520. The number of hydrogen-bond acceptors (Lipinski definition) is 4. The van der Waals surface area contributed by atoms with Crippen molar-refractivity contribution in [3.63, 3.8) is 0 Å². The summed E-state index contributed by atoms with van der Waals surface area (Å²) in [6, 6.07) is 12.4. The zero-order valence-corrected chi connectivity index (χ0v) is 17.9. The molecule has 1 aromatic carbocycles. The molecule has 0 aliphatic rings. The number of hydrogen-bond donors (Lipinski definition) is 2. The van der Waals surface area contributed by atoms with E-state index in [1.165, 1.54) is 18.4 Å². The van der Waals surface area contributed by atoms with Gasteiger partial charge in [-0.15, -0.1) is 24.0 Å². The maximum Gasteiger partial charge on any atom is 0.242 e. The SMILES string of the molecule is CN(C)S(=O)(=O)c1ccc(CN=C(N)NCCc2ccccn2)cc1.I. The Kier molecular flexibility index (Phi) is 8.96. The predicted octanol–water partition coefficient (Wildman–Crippen LogP) is 1.60. The molecule has 0 aliphatic heterocycles. The Morgan fingerprint density at radius 2 is 1.88 bits per heavy atom. The normalized spacial score (nSPS) is 11.9. The number of pyridine rings is 1. The van der Waals surface area contributed by atoms with Crippen LogP contribution >= 0.6 is 24.0 Å². The number of nitrogens with zero attached hydrogens (tertiary/aromatic N) is 3. The molecule has 9 heteroatoms. The van der Waals surface area contributed by atoms with Gasteiger partial charge in [0.05, 0.1) is 11.4 Å². The Balaban J connectivity index is 0.00000338. The molecular formula is C17H24IN5O2S. The molecule has 7 nitrogen and oxygen atoms in total. The molecular weight excluding hydrogens is 465 g/mol. The van der Waals surface area contributed by atoms with E-state index in [9.17, 15) is 8.42 Å². The zero-order chi connectivity index (χ0) is 18.3. The minimum absolute atomic E-state index is 0. The monoisotopic (exact) mass is 489 g/mol. The highest BCUT2D eigenvalue weighted by molar-refractivity contribution is 14.0. The first-order valence-corrected chi connectivity index (χ1v) is 9.29. The van der Waals surface area contributed by atoms with E-state index in [0.29, 0.717) is 19.0 Å². The molecule has 0 amide bonds. The third-order valence-electron chi connectivity index (χ3n) is 3.55. The highest BCUT2D eigenvalue weighted by Crippen LogP contribution is 2.14. The number of guanidine groups is 1. The Labute approximate surface area is 171 Å². The second-order valence-electron chi connectivity index (χ2n) is 5.63. The third kappa shape index (κ3) is 6.54. The summed E-state index contributed by atoms with van der Waals surface area (Å²) in [6.45, 7) is 1.02. The lowest BCUT2D eigenvalue weighted by atomic mass is 10.2. The Hall–Kier alpha value is -1.72. The molecule has 1 heterocycles. The summed E-state index contributed by atoms with van der Waals surface area (Å²) in [5, 5.41) is 3.04. The van der Waals surface area contributed by atoms with Crippen molar-refractivity contribution in [3.05, 3.63) is 59.9 Å². The number of benzene rings is 1. The molecule has 0 unspecified atom stereocenters. The number of halogens is 1. The van der Waals surface area contributed by atoms with Crippen molar-refractivity contribution in [2.45, 2.75) is 17.9 Å².